The van der Waals surface area contributed by atoms with Gasteiger partial charge in [-0.25, -0.2) is 4.98 Å². The molecule has 0 fully saturated rings. The number of benzene rings is 3. The van der Waals surface area contributed by atoms with Crippen LogP contribution in [0.15, 0.2) is 71.9 Å². The molecule has 0 aliphatic carbocycles. The summed E-state index contributed by atoms with van der Waals surface area (Å²) >= 11 is 7.24. The summed E-state index contributed by atoms with van der Waals surface area (Å²) in [4.78, 5) is 20.0. The Hall–Kier alpha value is -2.96. The third kappa shape index (κ3) is 5.10. The first-order valence-electron chi connectivity index (χ1n) is 8.98. The molecule has 0 bridgehead atoms. The number of carbonyl (C=O) groups excluding carboxylic acids is 1. The number of halogens is 1. The van der Waals surface area contributed by atoms with Gasteiger partial charge in [0.05, 0.1) is 16.8 Å². The van der Waals surface area contributed by atoms with Gasteiger partial charge in [0, 0.05) is 10.7 Å². The van der Waals surface area contributed by atoms with E-state index in [-0.39, 0.29) is 11.7 Å². The maximum Gasteiger partial charge on any atom is 0.234 e. The molecule has 0 spiro atoms. The number of ether oxygens (including phenoxy) is 1. The van der Waals surface area contributed by atoms with Gasteiger partial charge in [-0.05, 0) is 73.2 Å². The first kappa shape index (κ1) is 19.4. The average Bonchev–Trinajstić information content (AvgIpc) is 3.12. The second kappa shape index (κ2) is 8.59. The van der Waals surface area contributed by atoms with Crippen LogP contribution in [0.25, 0.3) is 11.0 Å². The van der Waals surface area contributed by atoms with E-state index in [0.29, 0.717) is 22.2 Å². The maximum atomic E-state index is 12.2. The number of hydrogen-bond donors (Lipinski definition) is 2. The van der Waals surface area contributed by atoms with E-state index in [0.717, 1.165) is 16.2 Å². The lowest BCUT2D eigenvalue weighted by Crippen LogP contribution is -2.13. The number of nitrogens with one attached hydrogen (secondary N) is 2. The largest absolute Gasteiger partial charge is 0.457 e. The van der Waals surface area contributed by atoms with Crippen molar-refractivity contribution in [1.29, 1.82) is 0 Å². The number of carbonyl (C=O) groups is 1. The molecule has 0 aliphatic heterocycles. The van der Waals surface area contributed by atoms with Gasteiger partial charge < -0.3 is 15.0 Å². The molecule has 7 heteroatoms. The van der Waals surface area contributed by atoms with Gasteiger partial charge in [0.15, 0.2) is 5.16 Å². The van der Waals surface area contributed by atoms with Crippen LogP contribution >= 0.6 is 23.4 Å². The standard InChI is InChI=1S/C22H18ClN3O2S/c1-14-2-11-19-20(12-14)26-22(25-19)29-13-21(27)24-16-5-9-18(10-6-16)28-17-7-3-15(23)4-8-17/h2-12H,13H2,1H3,(H,24,27)(H,25,26). The number of amides is 1. The number of thioether (sulfide) groups is 1. The molecule has 4 rings (SSSR count). The Balaban J connectivity index is 1.31. The van der Waals surface area contributed by atoms with Crippen LogP contribution in [0, 0.1) is 6.92 Å². The van der Waals surface area contributed by atoms with E-state index in [1.165, 1.54) is 17.3 Å². The van der Waals surface area contributed by atoms with Crippen molar-refractivity contribution in [2.24, 2.45) is 0 Å². The van der Waals surface area contributed by atoms with Crippen LogP contribution in [0.5, 0.6) is 11.5 Å². The predicted octanol–water partition coefficient (Wildman–Crippen LogP) is 6.05. The van der Waals surface area contributed by atoms with E-state index in [9.17, 15) is 4.79 Å². The quantitative estimate of drug-likeness (QED) is 0.370. The third-order valence-electron chi connectivity index (χ3n) is 4.14. The van der Waals surface area contributed by atoms with Crippen molar-refractivity contribution in [3.05, 3.63) is 77.3 Å². The molecule has 0 saturated heterocycles. The van der Waals surface area contributed by atoms with E-state index in [1.807, 2.05) is 25.1 Å². The number of aromatic nitrogens is 2. The number of imidazole rings is 1. The summed E-state index contributed by atoms with van der Waals surface area (Å²) in [6, 6.07) is 20.4. The average molecular weight is 424 g/mol. The Kier molecular flexibility index (Phi) is 5.74. The second-order valence-corrected chi connectivity index (χ2v) is 7.88. The fourth-order valence-corrected chi connectivity index (χ4v) is 3.56. The molecular weight excluding hydrogens is 406 g/mol. The lowest BCUT2D eigenvalue weighted by atomic mass is 10.2. The fraction of sp³-hybridized carbons (Fsp3) is 0.0909. The van der Waals surface area contributed by atoms with E-state index >= 15 is 0 Å². The minimum absolute atomic E-state index is 0.0991. The second-order valence-electron chi connectivity index (χ2n) is 6.48. The van der Waals surface area contributed by atoms with Crippen LogP contribution in [-0.4, -0.2) is 21.6 Å². The molecule has 3 aromatic carbocycles. The number of aryl methyl sites for hydroxylation is 1. The number of aromatic amines is 1. The minimum atomic E-state index is -0.0991. The number of fused-ring (bicyclic) bond motifs is 1. The van der Waals surface area contributed by atoms with Gasteiger partial charge in [-0.2, -0.15) is 0 Å². The molecule has 29 heavy (non-hydrogen) atoms. The number of nitrogens with zero attached hydrogens (tertiary/aromatic N) is 1. The van der Waals surface area contributed by atoms with E-state index in [4.69, 9.17) is 16.3 Å². The molecular formula is C22H18ClN3O2S. The van der Waals surface area contributed by atoms with Gasteiger partial charge in [-0.3, -0.25) is 4.79 Å². The molecule has 1 heterocycles. The van der Waals surface area contributed by atoms with Crippen LogP contribution in [0.2, 0.25) is 5.02 Å². The van der Waals surface area contributed by atoms with Crippen LogP contribution < -0.4 is 10.1 Å². The lowest BCUT2D eigenvalue weighted by molar-refractivity contribution is -0.113. The summed E-state index contributed by atoms with van der Waals surface area (Å²) < 4.78 is 5.75. The zero-order chi connectivity index (χ0) is 20.2. The highest BCUT2D eigenvalue weighted by atomic mass is 35.5. The summed E-state index contributed by atoms with van der Waals surface area (Å²) in [6.07, 6.45) is 0. The van der Waals surface area contributed by atoms with Crippen molar-refractivity contribution < 1.29 is 9.53 Å². The first-order chi connectivity index (χ1) is 14.0. The molecule has 0 aliphatic rings. The van der Waals surface area contributed by atoms with Gasteiger partial charge in [-0.1, -0.05) is 29.4 Å². The van der Waals surface area contributed by atoms with E-state index < -0.39 is 0 Å². The van der Waals surface area contributed by atoms with Crippen LogP contribution in [0.1, 0.15) is 5.56 Å². The summed E-state index contributed by atoms with van der Waals surface area (Å²) in [6.45, 7) is 2.03. The molecule has 2 N–H and O–H groups in total. The molecule has 4 aromatic rings. The highest BCUT2D eigenvalue weighted by molar-refractivity contribution is 7.99. The molecule has 1 amide bonds. The Morgan fingerprint density at radius 3 is 2.48 bits per heavy atom. The summed E-state index contributed by atoms with van der Waals surface area (Å²) in [7, 11) is 0. The van der Waals surface area contributed by atoms with Gasteiger partial charge in [-0.15, -0.1) is 0 Å². The SMILES string of the molecule is Cc1ccc2nc(SCC(=O)Nc3ccc(Oc4ccc(Cl)cc4)cc3)[nH]c2c1. The molecule has 1 aromatic heterocycles. The van der Waals surface area contributed by atoms with Crippen molar-refractivity contribution >= 4 is 46.0 Å². The van der Waals surface area contributed by atoms with Crippen molar-refractivity contribution in [3.8, 4) is 11.5 Å². The van der Waals surface area contributed by atoms with Crippen molar-refractivity contribution in [3.63, 3.8) is 0 Å². The zero-order valence-electron chi connectivity index (χ0n) is 15.6. The van der Waals surface area contributed by atoms with Crippen molar-refractivity contribution in [2.75, 3.05) is 11.1 Å². The minimum Gasteiger partial charge on any atom is -0.457 e. The molecule has 0 radical (unpaired) electrons. The molecule has 5 nitrogen and oxygen atoms in total. The Labute approximate surface area is 177 Å². The van der Waals surface area contributed by atoms with Crippen LogP contribution in [0.4, 0.5) is 5.69 Å². The van der Waals surface area contributed by atoms with Crippen molar-refractivity contribution in [1.82, 2.24) is 9.97 Å². The van der Waals surface area contributed by atoms with Gasteiger partial charge in [0.2, 0.25) is 5.91 Å². The third-order valence-corrected chi connectivity index (χ3v) is 5.27. The number of H-pyrrole nitrogens is 1. The highest BCUT2D eigenvalue weighted by Crippen LogP contribution is 2.25. The fourth-order valence-electron chi connectivity index (χ4n) is 2.74. The summed E-state index contributed by atoms with van der Waals surface area (Å²) in [5.41, 5.74) is 3.75. The summed E-state index contributed by atoms with van der Waals surface area (Å²) in [5, 5.41) is 4.27. The monoisotopic (exact) mass is 423 g/mol. The Morgan fingerprint density at radius 1 is 1.07 bits per heavy atom. The smallest absolute Gasteiger partial charge is 0.234 e. The number of rotatable bonds is 6. The normalized spacial score (nSPS) is 10.8. The van der Waals surface area contributed by atoms with Crippen LogP contribution in [0.3, 0.4) is 0 Å². The predicted molar refractivity (Wildman–Crippen MR) is 118 cm³/mol. The van der Waals surface area contributed by atoms with Gasteiger partial charge >= 0.3 is 0 Å². The van der Waals surface area contributed by atoms with Crippen molar-refractivity contribution in [2.45, 2.75) is 12.1 Å². The van der Waals surface area contributed by atoms with Gasteiger partial charge in [0.1, 0.15) is 11.5 Å². The maximum absolute atomic E-state index is 12.2. The zero-order valence-corrected chi connectivity index (χ0v) is 17.2. The molecule has 0 saturated carbocycles. The van der Waals surface area contributed by atoms with Crippen LogP contribution in [-0.2, 0) is 4.79 Å². The number of anilines is 1. The first-order valence-corrected chi connectivity index (χ1v) is 10.3. The Morgan fingerprint density at radius 2 is 1.76 bits per heavy atom. The topological polar surface area (TPSA) is 67.0 Å². The van der Waals surface area contributed by atoms with Gasteiger partial charge in [0.25, 0.3) is 0 Å². The molecule has 0 atom stereocenters. The summed E-state index contributed by atoms with van der Waals surface area (Å²) in [5.74, 6) is 1.54. The van der Waals surface area contributed by atoms with E-state index in [1.54, 1.807) is 48.5 Å². The van der Waals surface area contributed by atoms with E-state index in [2.05, 4.69) is 15.3 Å². The number of hydrogen-bond acceptors (Lipinski definition) is 4. The molecule has 0 unspecified atom stereocenters. The Bertz CT molecular complexity index is 1140. The lowest BCUT2D eigenvalue weighted by Gasteiger charge is -2.08. The highest BCUT2D eigenvalue weighted by Gasteiger charge is 2.08. The molecule has 146 valence electrons.